The van der Waals surface area contributed by atoms with E-state index in [0.717, 1.165) is 9.78 Å². The molecule has 9 nitrogen and oxygen atoms in total. The SMILES string of the molecule is N#Cc1ccc(N2C(=O)CC(N(Cc3cccs3)C(=O)c3ccc([N+](=O)[O-])cc3)C2=O)cc1. The molecule has 1 aliphatic heterocycles. The Labute approximate surface area is 192 Å². The van der Waals surface area contributed by atoms with Crippen LogP contribution in [0.5, 0.6) is 0 Å². The molecule has 2 aromatic carbocycles. The minimum atomic E-state index is -1.03. The van der Waals surface area contributed by atoms with Gasteiger partial charge in [-0.3, -0.25) is 24.5 Å². The number of nitrogens with zero attached hydrogens (tertiary/aromatic N) is 4. The monoisotopic (exact) mass is 460 g/mol. The maximum atomic E-state index is 13.4. The molecule has 0 radical (unpaired) electrons. The molecular formula is C23H16N4O5S. The standard InChI is InChI=1S/C23H16N4O5S/c24-13-15-3-7-17(8-4-15)26-21(28)12-20(23(26)30)25(14-19-2-1-11-33-19)22(29)16-5-9-18(10-6-16)27(31)32/h1-11,20H,12,14H2. The highest BCUT2D eigenvalue weighted by molar-refractivity contribution is 7.09. The van der Waals surface area contributed by atoms with E-state index >= 15 is 0 Å². The van der Waals surface area contributed by atoms with Crippen LogP contribution in [0.4, 0.5) is 11.4 Å². The molecule has 0 saturated carbocycles. The maximum absolute atomic E-state index is 13.4. The van der Waals surface area contributed by atoms with Crippen LogP contribution in [0.3, 0.4) is 0 Å². The third kappa shape index (κ3) is 4.35. The highest BCUT2D eigenvalue weighted by atomic mass is 32.1. The number of hydrogen-bond acceptors (Lipinski definition) is 7. The summed E-state index contributed by atoms with van der Waals surface area (Å²) in [5, 5.41) is 21.7. The molecule has 1 atom stereocenters. The van der Waals surface area contributed by atoms with Crippen LogP contribution in [0.25, 0.3) is 0 Å². The van der Waals surface area contributed by atoms with E-state index in [2.05, 4.69) is 0 Å². The summed E-state index contributed by atoms with van der Waals surface area (Å²) in [4.78, 5) is 53.0. The Morgan fingerprint density at radius 1 is 1.15 bits per heavy atom. The number of nitro benzene ring substituents is 1. The highest BCUT2D eigenvalue weighted by Gasteiger charge is 2.44. The summed E-state index contributed by atoms with van der Waals surface area (Å²) in [5.74, 6) is -1.51. The third-order valence-corrected chi connectivity index (χ3v) is 6.11. The van der Waals surface area contributed by atoms with Crippen LogP contribution in [0.2, 0.25) is 0 Å². The van der Waals surface area contributed by atoms with E-state index in [1.807, 2.05) is 23.6 Å². The second kappa shape index (κ2) is 9.02. The molecule has 1 fully saturated rings. The van der Waals surface area contributed by atoms with Crippen LogP contribution in [-0.4, -0.2) is 33.6 Å². The predicted octanol–water partition coefficient (Wildman–Crippen LogP) is 3.50. The minimum Gasteiger partial charge on any atom is -0.321 e. The third-order valence-electron chi connectivity index (χ3n) is 5.25. The molecule has 0 spiro atoms. The normalized spacial score (nSPS) is 15.4. The largest absolute Gasteiger partial charge is 0.321 e. The molecule has 164 valence electrons. The van der Waals surface area contributed by atoms with Crippen molar-refractivity contribution < 1.29 is 19.3 Å². The summed E-state index contributed by atoms with van der Waals surface area (Å²) < 4.78 is 0. The molecule has 3 amide bonds. The molecule has 0 N–H and O–H groups in total. The Bertz CT molecular complexity index is 1260. The lowest BCUT2D eigenvalue weighted by atomic mass is 10.1. The van der Waals surface area contributed by atoms with Gasteiger partial charge in [-0.2, -0.15) is 5.26 Å². The van der Waals surface area contributed by atoms with Crippen molar-refractivity contribution in [2.45, 2.75) is 19.0 Å². The fourth-order valence-corrected chi connectivity index (χ4v) is 4.30. The van der Waals surface area contributed by atoms with E-state index in [4.69, 9.17) is 5.26 Å². The number of non-ortho nitro benzene ring substituents is 1. The number of carbonyl (C=O) groups is 3. The summed E-state index contributed by atoms with van der Waals surface area (Å²) in [5.41, 5.74) is 0.733. The number of rotatable bonds is 6. The fraction of sp³-hybridized carbons (Fsp3) is 0.130. The summed E-state index contributed by atoms with van der Waals surface area (Å²) >= 11 is 1.41. The zero-order chi connectivity index (χ0) is 23.5. The van der Waals surface area contributed by atoms with E-state index in [9.17, 15) is 24.5 Å². The van der Waals surface area contributed by atoms with Crippen LogP contribution in [0.1, 0.15) is 27.2 Å². The van der Waals surface area contributed by atoms with Crippen molar-refractivity contribution >= 4 is 40.4 Å². The topological polar surface area (TPSA) is 125 Å². The van der Waals surface area contributed by atoms with Gasteiger partial charge in [0.15, 0.2) is 0 Å². The Hall–Kier alpha value is -4.36. The van der Waals surface area contributed by atoms with Gasteiger partial charge >= 0.3 is 0 Å². The molecular weight excluding hydrogens is 444 g/mol. The number of carbonyl (C=O) groups excluding carboxylic acids is 3. The zero-order valence-electron chi connectivity index (χ0n) is 17.1. The summed E-state index contributed by atoms with van der Waals surface area (Å²) in [6.07, 6.45) is -0.192. The van der Waals surface area contributed by atoms with Gasteiger partial charge in [0.2, 0.25) is 5.91 Å². The van der Waals surface area contributed by atoms with Crippen LogP contribution >= 0.6 is 11.3 Å². The number of anilines is 1. The Morgan fingerprint density at radius 3 is 2.42 bits per heavy atom. The van der Waals surface area contributed by atoms with E-state index in [1.54, 1.807) is 0 Å². The quantitative estimate of drug-likeness (QED) is 0.315. The predicted molar refractivity (Wildman–Crippen MR) is 119 cm³/mol. The average Bonchev–Trinajstić information content (AvgIpc) is 3.44. The second-order valence-electron chi connectivity index (χ2n) is 7.26. The van der Waals surface area contributed by atoms with Gasteiger partial charge < -0.3 is 4.90 Å². The zero-order valence-corrected chi connectivity index (χ0v) is 17.9. The fourth-order valence-electron chi connectivity index (χ4n) is 3.60. The lowest BCUT2D eigenvalue weighted by Crippen LogP contribution is -2.45. The molecule has 0 bridgehead atoms. The van der Waals surface area contributed by atoms with E-state index in [0.29, 0.717) is 11.3 Å². The van der Waals surface area contributed by atoms with Gasteiger partial charge in [0, 0.05) is 22.6 Å². The number of hydrogen-bond donors (Lipinski definition) is 0. The van der Waals surface area contributed by atoms with Gasteiger partial charge in [0.1, 0.15) is 6.04 Å². The Balaban J connectivity index is 1.66. The number of nitriles is 1. The molecule has 1 unspecified atom stereocenters. The summed E-state index contributed by atoms with van der Waals surface area (Å²) in [6, 6.07) is 15.7. The molecule has 33 heavy (non-hydrogen) atoms. The molecule has 3 aromatic rings. The second-order valence-corrected chi connectivity index (χ2v) is 8.29. The molecule has 1 aromatic heterocycles. The molecule has 1 aliphatic rings. The number of imide groups is 1. The molecule has 0 aliphatic carbocycles. The van der Waals surface area contributed by atoms with Crippen molar-refractivity contribution in [1.29, 1.82) is 5.26 Å². The Morgan fingerprint density at radius 2 is 1.85 bits per heavy atom. The van der Waals surface area contributed by atoms with Crippen molar-refractivity contribution in [2.24, 2.45) is 0 Å². The Kier molecular flexibility index (Phi) is 5.97. The van der Waals surface area contributed by atoms with E-state index in [1.165, 1.54) is 64.8 Å². The minimum absolute atomic E-state index is 0.110. The first-order chi connectivity index (χ1) is 15.9. The van der Waals surface area contributed by atoms with Crippen molar-refractivity contribution in [1.82, 2.24) is 4.90 Å². The lowest BCUT2D eigenvalue weighted by Gasteiger charge is -2.27. The van der Waals surface area contributed by atoms with E-state index in [-0.39, 0.29) is 24.2 Å². The van der Waals surface area contributed by atoms with Crippen molar-refractivity contribution in [3.05, 3.63) is 92.2 Å². The van der Waals surface area contributed by atoms with Gasteiger partial charge in [-0.15, -0.1) is 11.3 Å². The van der Waals surface area contributed by atoms with Gasteiger partial charge in [0.05, 0.1) is 35.2 Å². The molecule has 1 saturated heterocycles. The smallest absolute Gasteiger partial charge is 0.269 e. The van der Waals surface area contributed by atoms with Crippen molar-refractivity contribution in [2.75, 3.05) is 4.90 Å². The first kappa shape index (κ1) is 21.9. The number of thiophene rings is 1. The van der Waals surface area contributed by atoms with Crippen molar-refractivity contribution in [3.8, 4) is 6.07 Å². The first-order valence-electron chi connectivity index (χ1n) is 9.84. The number of nitro groups is 1. The lowest BCUT2D eigenvalue weighted by molar-refractivity contribution is -0.384. The highest BCUT2D eigenvalue weighted by Crippen LogP contribution is 2.29. The maximum Gasteiger partial charge on any atom is 0.269 e. The average molecular weight is 460 g/mol. The molecule has 4 rings (SSSR count). The van der Waals surface area contributed by atoms with Crippen molar-refractivity contribution in [3.63, 3.8) is 0 Å². The van der Waals surface area contributed by atoms with Gasteiger partial charge in [-0.25, -0.2) is 4.90 Å². The van der Waals surface area contributed by atoms with Crippen LogP contribution in [0.15, 0.2) is 66.0 Å². The van der Waals surface area contributed by atoms with Crippen LogP contribution < -0.4 is 4.90 Å². The molecule has 2 heterocycles. The van der Waals surface area contributed by atoms with Gasteiger partial charge in [-0.05, 0) is 47.8 Å². The van der Waals surface area contributed by atoms with Gasteiger partial charge in [-0.1, -0.05) is 6.07 Å². The number of amides is 3. The summed E-state index contributed by atoms with van der Waals surface area (Å²) in [7, 11) is 0. The number of benzene rings is 2. The molecule has 10 heteroatoms. The van der Waals surface area contributed by atoms with Crippen LogP contribution in [0, 0.1) is 21.4 Å². The first-order valence-corrected chi connectivity index (χ1v) is 10.7. The van der Waals surface area contributed by atoms with Gasteiger partial charge in [0.25, 0.3) is 17.5 Å². The summed E-state index contributed by atoms with van der Waals surface area (Å²) in [6.45, 7) is 0.110. The van der Waals surface area contributed by atoms with Crippen LogP contribution in [-0.2, 0) is 16.1 Å². The van der Waals surface area contributed by atoms with E-state index < -0.39 is 28.7 Å².